The summed E-state index contributed by atoms with van der Waals surface area (Å²) >= 11 is 0. The van der Waals surface area contributed by atoms with Crippen LogP contribution in [0.15, 0.2) is 0 Å². The summed E-state index contributed by atoms with van der Waals surface area (Å²) in [6.45, 7) is 7.51. The van der Waals surface area contributed by atoms with Gasteiger partial charge >= 0.3 is 0 Å². The number of rotatable bonds is 5. The van der Waals surface area contributed by atoms with Crippen LogP contribution >= 0.6 is 0 Å². The number of aryl methyl sites for hydroxylation is 1. The Morgan fingerprint density at radius 1 is 1.15 bits per heavy atom. The monoisotopic (exact) mass is 276 g/mol. The summed E-state index contributed by atoms with van der Waals surface area (Å²) in [6, 6.07) is 0.650. The topological polar surface area (TPSA) is 41.1 Å². The molecular weight excluding hydrogens is 248 g/mol. The Bertz CT molecular complexity index is 438. The molecular formula is C16H28N4. The normalized spacial score (nSPS) is 16.2. The SMILES string of the molecule is CCc1nc(NC)c(C)c(N(CC)C2CCCCC2)n1. The van der Waals surface area contributed by atoms with E-state index in [-0.39, 0.29) is 0 Å². The fourth-order valence-electron chi connectivity index (χ4n) is 3.20. The molecule has 0 radical (unpaired) electrons. The molecule has 4 nitrogen and oxygen atoms in total. The van der Waals surface area contributed by atoms with Crippen LogP contribution in [-0.4, -0.2) is 29.6 Å². The quantitative estimate of drug-likeness (QED) is 0.893. The van der Waals surface area contributed by atoms with E-state index in [0.717, 1.165) is 30.4 Å². The van der Waals surface area contributed by atoms with Crippen LogP contribution in [0.25, 0.3) is 0 Å². The number of hydrogen-bond acceptors (Lipinski definition) is 4. The van der Waals surface area contributed by atoms with Crippen LogP contribution in [0.1, 0.15) is 57.3 Å². The highest BCUT2D eigenvalue weighted by molar-refractivity contribution is 5.59. The van der Waals surface area contributed by atoms with E-state index in [9.17, 15) is 0 Å². The molecule has 1 saturated carbocycles. The molecule has 0 aromatic carbocycles. The van der Waals surface area contributed by atoms with Gasteiger partial charge in [0.2, 0.25) is 0 Å². The third-order valence-corrected chi connectivity index (χ3v) is 4.35. The highest BCUT2D eigenvalue weighted by Gasteiger charge is 2.24. The van der Waals surface area contributed by atoms with E-state index >= 15 is 0 Å². The maximum Gasteiger partial charge on any atom is 0.137 e. The third kappa shape index (κ3) is 3.05. The molecule has 0 spiro atoms. The van der Waals surface area contributed by atoms with Crippen molar-refractivity contribution in [1.29, 1.82) is 0 Å². The molecule has 1 aromatic heterocycles. The molecule has 4 heteroatoms. The van der Waals surface area contributed by atoms with Crippen LogP contribution in [-0.2, 0) is 6.42 Å². The summed E-state index contributed by atoms with van der Waals surface area (Å²) in [5.74, 6) is 3.04. The second kappa shape index (κ2) is 6.91. The van der Waals surface area contributed by atoms with Gasteiger partial charge in [-0.2, -0.15) is 0 Å². The van der Waals surface area contributed by atoms with E-state index in [4.69, 9.17) is 4.98 Å². The maximum atomic E-state index is 4.82. The summed E-state index contributed by atoms with van der Waals surface area (Å²) in [4.78, 5) is 11.9. The second-order valence-corrected chi connectivity index (χ2v) is 5.62. The first-order valence-corrected chi connectivity index (χ1v) is 8.03. The van der Waals surface area contributed by atoms with Gasteiger partial charge in [-0.15, -0.1) is 0 Å². The predicted molar refractivity (Wildman–Crippen MR) is 85.6 cm³/mol. The Hall–Kier alpha value is -1.32. The number of aromatic nitrogens is 2. The lowest BCUT2D eigenvalue weighted by Crippen LogP contribution is -2.38. The molecule has 0 unspecified atom stereocenters. The van der Waals surface area contributed by atoms with Crippen molar-refractivity contribution in [3.8, 4) is 0 Å². The number of nitrogens with zero attached hydrogens (tertiary/aromatic N) is 3. The summed E-state index contributed by atoms with van der Waals surface area (Å²) in [5, 5.41) is 3.21. The molecule has 1 aromatic rings. The van der Waals surface area contributed by atoms with E-state index in [1.807, 2.05) is 7.05 Å². The van der Waals surface area contributed by atoms with Crippen LogP contribution in [0, 0.1) is 6.92 Å². The van der Waals surface area contributed by atoms with Crippen molar-refractivity contribution < 1.29 is 0 Å². The van der Waals surface area contributed by atoms with Gasteiger partial charge in [0.1, 0.15) is 17.5 Å². The zero-order chi connectivity index (χ0) is 14.5. The van der Waals surface area contributed by atoms with Crippen molar-refractivity contribution >= 4 is 11.6 Å². The molecule has 112 valence electrons. The molecule has 0 bridgehead atoms. The van der Waals surface area contributed by atoms with Gasteiger partial charge in [0.15, 0.2) is 0 Å². The van der Waals surface area contributed by atoms with Gasteiger partial charge in [-0.3, -0.25) is 0 Å². The Morgan fingerprint density at radius 2 is 1.85 bits per heavy atom. The minimum atomic E-state index is 0.650. The molecule has 0 saturated heterocycles. The van der Waals surface area contributed by atoms with Crippen LogP contribution in [0.5, 0.6) is 0 Å². The van der Waals surface area contributed by atoms with Gasteiger partial charge in [0.25, 0.3) is 0 Å². The first-order chi connectivity index (χ1) is 9.71. The lowest BCUT2D eigenvalue weighted by atomic mass is 9.94. The van der Waals surface area contributed by atoms with Gasteiger partial charge < -0.3 is 10.2 Å². The molecule has 0 atom stereocenters. The standard InChI is InChI=1S/C16H28N4/c1-5-14-18-15(17-4)12(3)16(19-14)20(6-2)13-10-8-7-9-11-13/h13H,5-11H2,1-4H3,(H,17,18,19). The van der Waals surface area contributed by atoms with Crippen molar-refractivity contribution in [2.24, 2.45) is 0 Å². The molecule has 1 aliphatic carbocycles. The first-order valence-electron chi connectivity index (χ1n) is 8.03. The Balaban J connectivity index is 2.36. The van der Waals surface area contributed by atoms with Gasteiger partial charge in [-0.25, -0.2) is 9.97 Å². The fraction of sp³-hybridized carbons (Fsp3) is 0.750. The predicted octanol–water partition coefficient (Wildman–Crippen LogP) is 3.55. The lowest BCUT2D eigenvalue weighted by Gasteiger charge is -2.35. The maximum absolute atomic E-state index is 4.82. The van der Waals surface area contributed by atoms with E-state index in [0.29, 0.717) is 6.04 Å². The zero-order valence-corrected chi connectivity index (χ0v) is 13.4. The van der Waals surface area contributed by atoms with Gasteiger partial charge in [-0.1, -0.05) is 26.2 Å². The smallest absolute Gasteiger partial charge is 0.137 e. The molecule has 1 heterocycles. The number of nitrogens with one attached hydrogen (secondary N) is 1. The van der Waals surface area contributed by atoms with Crippen molar-refractivity contribution in [2.75, 3.05) is 23.8 Å². The van der Waals surface area contributed by atoms with Crippen molar-refractivity contribution in [1.82, 2.24) is 9.97 Å². The average molecular weight is 276 g/mol. The van der Waals surface area contributed by atoms with Crippen molar-refractivity contribution in [2.45, 2.75) is 65.3 Å². The lowest BCUT2D eigenvalue weighted by molar-refractivity contribution is 0.415. The number of hydrogen-bond donors (Lipinski definition) is 1. The van der Waals surface area contributed by atoms with Gasteiger partial charge in [0, 0.05) is 31.6 Å². The molecule has 2 rings (SSSR count). The first kappa shape index (κ1) is 15.1. The third-order valence-electron chi connectivity index (χ3n) is 4.35. The minimum Gasteiger partial charge on any atom is -0.373 e. The molecule has 1 N–H and O–H groups in total. The summed E-state index contributed by atoms with van der Waals surface area (Å²) < 4.78 is 0. The van der Waals surface area contributed by atoms with E-state index in [1.165, 1.54) is 37.7 Å². The van der Waals surface area contributed by atoms with Gasteiger partial charge in [-0.05, 0) is 26.7 Å². The largest absolute Gasteiger partial charge is 0.373 e. The molecule has 20 heavy (non-hydrogen) atoms. The van der Waals surface area contributed by atoms with Crippen molar-refractivity contribution in [3.05, 3.63) is 11.4 Å². The summed E-state index contributed by atoms with van der Waals surface area (Å²) in [6.07, 6.45) is 7.57. The molecule has 0 amide bonds. The number of anilines is 2. The van der Waals surface area contributed by atoms with E-state index in [1.54, 1.807) is 0 Å². The Kier molecular flexibility index (Phi) is 5.21. The summed E-state index contributed by atoms with van der Waals surface area (Å²) in [5.41, 5.74) is 1.18. The van der Waals surface area contributed by atoms with Crippen LogP contribution < -0.4 is 10.2 Å². The minimum absolute atomic E-state index is 0.650. The van der Waals surface area contributed by atoms with Crippen molar-refractivity contribution in [3.63, 3.8) is 0 Å². The van der Waals surface area contributed by atoms with E-state index in [2.05, 4.69) is 36.0 Å². The molecule has 1 fully saturated rings. The Labute approximate surface area is 123 Å². The highest BCUT2D eigenvalue weighted by Crippen LogP contribution is 2.30. The van der Waals surface area contributed by atoms with Crippen LogP contribution in [0.4, 0.5) is 11.6 Å². The average Bonchev–Trinajstić information content (AvgIpc) is 2.50. The molecule has 1 aliphatic rings. The summed E-state index contributed by atoms with van der Waals surface area (Å²) in [7, 11) is 1.94. The molecule has 0 aliphatic heterocycles. The van der Waals surface area contributed by atoms with Gasteiger partial charge in [0.05, 0.1) is 0 Å². The van der Waals surface area contributed by atoms with Crippen LogP contribution in [0.2, 0.25) is 0 Å². The Morgan fingerprint density at radius 3 is 2.40 bits per heavy atom. The fourth-order valence-corrected chi connectivity index (χ4v) is 3.20. The second-order valence-electron chi connectivity index (χ2n) is 5.62. The highest BCUT2D eigenvalue weighted by atomic mass is 15.2. The van der Waals surface area contributed by atoms with Crippen LogP contribution in [0.3, 0.4) is 0 Å². The van der Waals surface area contributed by atoms with E-state index < -0.39 is 0 Å². The zero-order valence-electron chi connectivity index (χ0n) is 13.4.